The molecule has 88 heavy (non-hydrogen) atoms. The first kappa shape index (κ1) is 62.9. The maximum absolute atomic E-state index is 13.4. The molecule has 2 atom stereocenters. The summed E-state index contributed by atoms with van der Waals surface area (Å²) in [4.78, 5) is 119. The number of carbonyl (C=O) groups is 8. The molecule has 10 rings (SSSR count). The Balaban J connectivity index is 0.000000176. The van der Waals surface area contributed by atoms with E-state index in [1.807, 2.05) is 6.07 Å². The number of rotatable bonds is 16. The maximum Gasteiger partial charge on any atom is 0.354 e. The number of nitrogens with one attached hydrogen (secondary N) is 5. The molecule has 0 aliphatic heterocycles. The SMILES string of the molecule is COC(=O)c1ccc2c(c1)CC[C@@H]2NC(=O)c1cc(C(=O)NCc2ccc(F)c(C)c2)ncn1.Cc1cc(CNC(=O)c2cc(C(=O)N[C@H]3CCc4cc(C(=O)O)ccc43)ncn2)ccc1F.Cc1cc(CNC(=O)c2cc(C(=O)O)ncn2)ccc1F. The molecule has 7 N–H and O–H groups in total. The Bertz CT molecular complexity index is 4040. The van der Waals surface area contributed by atoms with Gasteiger partial charge in [0.1, 0.15) is 64.9 Å². The molecule has 22 nitrogen and oxygen atoms in total. The molecule has 450 valence electrons. The molecule has 2 aliphatic rings. The van der Waals surface area contributed by atoms with Crippen LogP contribution in [-0.2, 0) is 37.2 Å². The molecule has 0 spiro atoms. The van der Waals surface area contributed by atoms with E-state index in [4.69, 9.17) is 14.9 Å². The van der Waals surface area contributed by atoms with Gasteiger partial charge in [-0.05, 0) is 145 Å². The summed E-state index contributed by atoms with van der Waals surface area (Å²) < 4.78 is 44.7. The van der Waals surface area contributed by atoms with Crippen molar-refractivity contribution in [3.05, 3.63) is 247 Å². The molecule has 5 amide bonds. The van der Waals surface area contributed by atoms with Crippen molar-refractivity contribution in [1.29, 1.82) is 0 Å². The summed E-state index contributed by atoms with van der Waals surface area (Å²) in [6.07, 6.45) is 6.01. The second-order valence-corrected chi connectivity index (χ2v) is 20.2. The number of methoxy groups -OCH3 is 1. The number of hydrogen-bond acceptors (Lipinski definition) is 15. The molecule has 5 aromatic carbocycles. The number of carboxylic acids is 2. The third-order valence-corrected chi connectivity index (χ3v) is 14.1. The molecule has 25 heteroatoms. The van der Waals surface area contributed by atoms with Crippen LogP contribution in [0.1, 0.15) is 164 Å². The van der Waals surface area contributed by atoms with Gasteiger partial charge in [-0.25, -0.2) is 57.5 Å². The van der Waals surface area contributed by atoms with Crippen LogP contribution in [0, 0.1) is 38.2 Å². The minimum Gasteiger partial charge on any atom is -0.478 e. The topological polar surface area (TPSA) is 324 Å². The van der Waals surface area contributed by atoms with Gasteiger partial charge in [-0.1, -0.05) is 48.5 Å². The number of esters is 1. The summed E-state index contributed by atoms with van der Waals surface area (Å²) in [5.74, 6) is -5.95. The monoisotopic (exact) mass is 1200 g/mol. The number of ether oxygens (including phenoxy) is 1. The Morgan fingerprint density at radius 1 is 0.443 bits per heavy atom. The number of aryl methyl sites for hydroxylation is 5. The van der Waals surface area contributed by atoms with Crippen LogP contribution >= 0.6 is 0 Å². The first-order chi connectivity index (χ1) is 42.1. The zero-order valence-corrected chi connectivity index (χ0v) is 47.6. The molecule has 2 aliphatic carbocycles. The van der Waals surface area contributed by atoms with E-state index in [9.17, 15) is 51.5 Å². The van der Waals surface area contributed by atoms with Gasteiger partial charge in [0.2, 0.25) is 0 Å². The van der Waals surface area contributed by atoms with Crippen molar-refractivity contribution < 1.29 is 66.5 Å². The number of aromatic nitrogens is 6. The highest BCUT2D eigenvalue weighted by molar-refractivity contribution is 5.99. The lowest BCUT2D eigenvalue weighted by atomic mass is 10.0. The molecule has 0 bridgehead atoms. The van der Waals surface area contributed by atoms with Gasteiger partial charge < -0.3 is 41.5 Å². The zero-order chi connectivity index (χ0) is 63.2. The third-order valence-electron chi connectivity index (χ3n) is 14.1. The van der Waals surface area contributed by atoms with Crippen LogP contribution in [0.2, 0.25) is 0 Å². The smallest absolute Gasteiger partial charge is 0.354 e. The summed E-state index contributed by atoms with van der Waals surface area (Å²) in [5.41, 5.74) is 7.91. The summed E-state index contributed by atoms with van der Waals surface area (Å²) in [5, 5.41) is 31.8. The van der Waals surface area contributed by atoms with Gasteiger partial charge in [-0.3, -0.25) is 24.0 Å². The van der Waals surface area contributed by atoms with Crippen LogP contribution in [0.5, 0.6) is 0 Å². The number of nitrogens with zero attached hydrogens (tertiary/aromatic N) is 6. The Morgan fingerprint density at radius 2 is 0.784 bits per heavy atom. The maximum atomic E-state index is 13.4. The molecular formula is C63H56F3N11O11. The Labute approximate surface area is 500 Å². The zero-order valence-electron chi connectivity index (χ0n) is 47.6. The number of carboxylic acid groups (broad SMARTS) is 2. The number of fused-ring (bicyclic) bond motifs is 2. The van der Waals surface area contributed by atoms with E-state index in [0.717, 1.165) is 64.0 Å². The second-order valence-electron chi connectivity index (χ2n) is 20.2. The summed E-state index contributed by atoms with van der Waals surface area (Å²) in [7, 11) is 1.33. The van der Waals surface area contributed by atoms with Crippen molar-refractivity contribution in [3.8, 4) is 0 Å². The van der Waals surface area contributed by atoms with E-state index >= 15 is 0 Å². The fraction of sp³-hybridized carbons (Fsp3) is 0.206. The highest BCUT2D eigenvalue weighted by atomic mass is 19.1. The second kappa shape index (κ2) is 28.6. The van der Waals surface area contributed by atoms with E-state index < -0.39 is 47.4 Å². The predicted molar refractivity (Wildman–Crippen MR) is 308 cm³/mol. The number of aromatic carboxylic acids is 2. The molecular weight excluding hydrogens is 1140 g/mol. The fourth-order valence-electron chi connectivity index (χ4n) is 9.46. The molecule has 0 unspecified atom stereocenters. The normalized spacial score (nSPS) is 13.4. The molecule has 3 heterocycles. The van der Waals surface area contributed by atoms with Crippen molar-refractivity contribution >= 4 is 47.4 Å². The number of halogens is 3. The van der Waals surface area contributed by atoms with E-state index in [-0.39, 0.29) is 88.9 Å². The van der Waals surface area contributed by atoms with Crippen LogP contribution in [0.4, 0.5) is 13.2 Å². The van der Waals surface area contributed by atoms with Crippen LogP contribution in [0.25, 0.3) is 0 Å². The van der Waals surface area contributed by atoms with Crippen LogP contribution in [0.3, 0.4) is 0 Å². The molecule has 8 aromatic rings. The quantitative estimate of drug-likeness (QED) is 0.0458. The number of amides is 5. The van der Waals surface area contributed by atoms with Gasteiger partial charge >= 0.3 is 17.9 Å². The Morgan fingerprint density at radius 3 is 1.14 bits per heavy atom. The minimum absolute atomic E-state index is 0.0342. The highest BCUT2D eigenvalue weighted by Gasteiger charge is 2.28. The summed E-state index contributed by atoms with van der Waals surface area (Å²) in [6.45, 7) is 5.48. The lowest BCUT2D eigenvalue weighted by molar-refractivity contribution is 0.0598. The Hall–Kier alpha value is -11.1. The van der Waals surface area contributed by atoms with Gasteiger partial charge in [0.15, 0.2) is 5.69 Å². The van der Waals surface area contributed by atoms with Crippen molar-refractivity contribution in [1.82, 2.24) is 56.5 Å². The van der Waals surface area contributed by atoms with Gasteiger partial charge in [-0.15, -0.1) is 0 Å². The van der Waals surface area contributed by atoms with Crippen molar-refractivity contribution in [3.63, 3.8) is 0 Å². The largest absolute Gasteiger partial charge is 0.478 e. The van der Waals surface area contributed by atoms with Gasteiger partial charge in [0.05, 0.1) is 30.3 Å². The van der Waals surface area contributed by atoms with Crippen LogP contribution < -0.4 is 26.6 Å². The third kappa shape index (κ3) is 16.2. The van der Waals surface area contributed by atoms with Crippen LogP contribution in [-0.4, -0.2) is 94.7 Å². The number of hydrogen-bond donors (Lipinski definition) is 7. The lowest BCUT2D eigenvalue weighted by Crippen LogP contribution is -2.29. The molecule has 0 fully saturated rings. The minimum atomic E-state index is -1.24. The van der Waals surface area contributed by atoms with Crippen molar-refractivity contribution in [2.45, 2.75) is 78.2 Å². The molecule has 0 saturated carbocycles. The average Bonchev–Trinajstić information content (AvgIpc) is 4.10. The lowest BCUT2D eigenvalue weighted by Gasteiger charge is -2.14. The van der Waals surface area contributed by atoms with Crippen molar-refractivity contribution in [2.24, 2.45) is 0 Å². The fourth-order valence-corrected chi connectivity index (χ4v) is 9.46. The van der Waals surface area contributed by atoms with Gasteiger partial charge in [0.25, 0.3) is 29.5 Å². The van der Waals surface area contributed by atoms with Crippen LogP contribution in [0.15, 0.2) is 128 Å². The van der Waals surface area contributed by atoms with E-state index in [2.05, 4.69) is 56.5 Å². The Kier molecular flexibility index (Phi) is 20.5. The standard InChI is InChI=1S/C25H23FN4O4.C24H21FN4O4.C14H12FN3O3/c1-14-9-15(3-7-19(14)26)12-27-23(31)21-11-22(29-13-28-21)24(32)30-20-8-5-16-10-17(25(33)34-2)4-6-18(16)20;1-13-8-14(2-6-18(13)25)11-26-22(30)20-10-21(28-12-27-20)23(31)29-19-7-4-15-9-16(24(32)33)3-5-17(15)19;1-8-4-9(2-3-10(8)15)6-16-13(19)11-5-12(14(20)21)18-7-17-11/h3-4,6-7,9-11,13,20H,5,8,12H2,1-2H3,(H,27,31)(H,30,32);2-3,5-6,8-10,12,19H,4,7,11H2,1H3,(H,26,30)(H,29,31)(H,32,33);2-5,7H,6H2,1H3,(H,16,19)(H,20,21)/t20-;19-;/m00./s1. The van der Waals surface area contributed by atoms with E-state index in [0.29, 0.717) is 47.9 Å². The van der Waals surface area contributed by atoms with Crippen molar-refractivity contribution in [2.75, 3.05) is 7.11 Å². The van der Waals surface area contributed by atoms with E-state index in [1.165, 1.54) is 43.5 Å². The highest BCUT2D eigenvalue weighted by Crippen LogP contribution is 2.33. The summed E-state index contributed by atoms with van der Waals surface area (Å²) >= 11 is 0. The molecule has 0 saturated heterocycles. The average molecular weight is 1200 g/mol. The molecule has 0 radical (unpaired) electrons. The first-order valence-electron chi connectivity index (χ1n) is 27.1. The molecule has 3 aromatic heterocycles. The predicted octanol–water partition coefficient (Wildman–Crippen LogP) is 7.58. The van der Waals surface area contributed by atoms with E-state index in [1.54, 1.807) is 81.4 Å². The summed E-state index contributed by atoms with van der Waals surface area (Å²) in [6, 6.07) is 27.0. The number of benzene rings is 5. The van der Waals surface area contributed by atoms with Gasteiger partial charge in [0, 0.05) is 37.8 Å². The first-order valence-corrected chi connectivity index (χ1v) is 27.1. The number of carbonyl (C=O) groups excluding carboxylic acids is 6. The van der Waals surface area contributed by atoms with Gasteiger partial charge in [-0.2, -0.15) is 0 Å².